The SMILES string of the molecule is Cc1ccc(NC(=O)Cc2csc(NC(=O)c3ccc[nH]c3=O)n2)cc1Cl. The van der Waals surface area contributed by atoms with Gasteiger partial charge in [-0.1, -0.05) is 17.7 Å². The number of benzene rings is 1. The molecule has 3 rings (SSSR count). The number of rotatable bonds is 5. The minimum absolute atomic E-state index is 0.0109. The minimum atomic E-state index is -0.559. The molecule has 2 amide bonds. The van der Waals surface area contributed by atoms with Crippen LogP contribution in [-0.4, -0.2) is 21.8 Å². The van der Waals surface area contributed by atoms with Crippen LogP contribution in [0.15, 0.2) is 46.7 Å². The van der Waals surface area contributed by atoms with Gasteiger partial charge in [-0.25, -0.2) is 4.98 Å². The highest BCUT2D eigenvalue weighted by Gasteiger charge is 2.13. The molecule has 0 spiro atoms. The maximum atomic E-state index is 12.2. The molecule has 0 radical (unpaired) electrons. The quantitative estimate of drug-likeness (QED) is 0.609. The predicted molar refractivity (Wildman–Crippen MR) is 106 cm³/mol. The highest BCUT2D eigenvalue weighted by Crippen LogP contribution is 2.21. The van der Waals surface area contributed by atoms with Crippen LogP contribution in [-0.2, 0) is 11.2 Å². The van der Waals surface area contributed by atoms with Gasteiger partial charge < -0.3 is 10.3 Å². The summed E-state index contributed by atoms with van der Waals surface area (Å²) >= 11 is 7.22. The van der Waals surface area contributed by atoms with E-state index in [9.17, 15) is 14.4 Å². The monoisotopic (exact) mass is 402 g/mol. The fourth-order valence-electron chi connectivity index (χ4n) is 2.25. The summed E-state index contributed by atoms with van der Waals surface area (Å²) < 4.78 is 0. The molecule has 0 fully saturated rings. The Labute approximate surface area is 163 Å². The first-order valence-electron chi connectivity index (χ1n) is 7.92. The van der Waals surface area contributed by atoms with Gasteiger partial charge in [-0.15, -0.1) is 11.3 Å². The van der Waals surface area contributed by atoms with Crippen LogP contribution in [0.25, 0.3) is 0 Å². The maximum Gasteiger partial charge on any atom is 0.263 e. The number of aromatic amines is 1. The van der Waals surface area contributed by atoms with Crippen LogP contribution in [0.2, 0.25) is 5.02 Å². The van der Waals surface area contributed by atoms with E-state index in [0.29, 0.717) is 21.5 Å². The molecule has 2 aromatic heterocycles. The molecule has 7 nitrogen and oxygen atoms in total. The Kier molecular flexibility index (Phi) is 5.68. The average molecular weight is 403 g/mol. The smallest absolute Gasteiger partial charge is 0.263 e. The Morgan fingerprint density at radius 1 is 1.26 bits per heavy atom. The zero-order valence-electron chi connectivity index (χ0n) is 14.2. The third-order valence-electron chi connectivity index (χ3n) is 3.63. The lowest BCUT2D eigenvalue weighted by Crippen LogP contribution is -2.22. The Morgan fingerprint density at radius 3 is 2.81 bits per heavy atom. The summed E-state index contributed by atoms with van der Waals surface area (Å²) in [6.07, 6.45) is 1.49. The number of aromatic nitrogens is 2. The van der Waals surface area contributed by atoms with Crippen molar-refractivity contribution < 1.29 is 9.59 Å². The topological polar surface area (TPSA) is 104 Å². The normalized spacial score (nSPS) is 10.4. The van der Waals surface area contributed by atoms with Gasteiger partial charge in [0.1, 0.15) is 5.56 Å². The van der Waals surface area contributed by atoms with Gasteiger partial charge in [0.2, 0.25) is 5.91 Å². The predicted octanol–water partition coefficient (Wildman–Crippen LogP) is 3.23. The van der Waals surface area contributed by atoms with Gasteiger partial charge in [0.05, 0.1) is 12.1 Å². The lowest BCUT2D eigenvalue weighted by Gasteiger charge is -2.06. The van der Waals surface area contributed by atoms with Gasteiger partial charge in [-0.2, -0.15) is 0 Å². The van der Waals surface area contributed by atoms with Gasteiger partial charge in [-0.05, 0) is 36.8 Å². The summed E-state index contributed by atoms with van der Waals surface area (Å²) in [5, 5.41) is 7.86. The summed E-state index contributed by atoms with van der Waals surface area (Å²) in [4.78, 5) is 42.5. The molecule has 0 saturated carbocycles. The third kappa shape index (κ3) is 4.81. The largest absolute Gasteiger partial charge is 0.328 e. The van der Waals surface area contributed by atoms with E-state index in [4.69, 9.17) is 11.6 Å². The second kappa shape index (κ2) is 8.15. The molecule has 27 heavy (non-hydrogen) atoms. The molecular formula is C18H15ClN4O3S. The molecule has 0 saturated heterocycles. The number of aryl methyl sites for hydroxylation is 1. The van der Waals surface area contributed by atoms with Crippen molar-refractivity contribution in [1.29, 1.82) is 0 Å². The number of halogens is 1. The van der Waals surface area contributed by atoms with Crippen molar-refractivity contribution in [2.24, 2.45) is 0 Å². The second-order valence-corrected chi connectivity index (χ2v) is 6.97. The first kappa shape index (κ1) is 18.8. The Bertz CT molecular complexity index is 1060. The fraction of sp³-hybridized carbons (Fsp3) is 0.111. The van der Waals surface area contributed by atoms with Crippen molar-refractivity contribution in [2.75, 3.05) is 10.6 Å². The van der Waals surface area contributed by atoms with Crippen LogP contribution in [0, 0.1) is 6.92 Å². The van der Waals surface area contributed by atoms with Crippen molar-refractivity contribution in [3.05, 3.63) is 74.1 Å². The van der Waals surface area contributed by atoms with E-state index in [1.807, 2.05) is 13.0 Å². The molecule has 0 atom stereocenters. The van der Waals surface area contributed by atoms with Crippen molar-refractivity contribution in [1.82, 2.24) is 9.97 Å². The van der Waals surface area contributed by atoms with Crippen molar-refractivity contribution in [2.45, 2.75) is 13.3 Å². The van der Waals surface area contributed by atoms with E-state index in [1.165, 1.54) is 23.6 Å². The molecule has 0 bridgehead atoms. The number of carbonyl (C=O) groups excluding carboxylic acids is 2. The second-order valence-electron chi connectivity index (χ2n) is 5.70. The number of nitrogens with zero attached hydrogens (tertiary/aromatic N) is 1. The molecule has 0 aliphatic carbocycles. The molecule has 138 valence electrons. The lowest BCUT2D eigenvalue weighted by atomic mass is 10.2. The van der Waals surface area contributed by atoms with Gasteiger partial charge in [0.25, 0.3) is 11.5 Å². The standard InChI is InChI=1S/C18H15ClN4O3S/c1-10-4-5-11(7-14(10)19)21-15(24)8-12-9-27-18(22-12)23-17(26)13-3-2-6-20-16(13)25/h2-7,9H,8H2,1H3,(H,20,25)(H,21,24)(H,22,23,26). The van der Waals surface area contributed by atoms with Gasteiger partial charge in [-0.3, -0.25) is 19.7 Å². The summed E-state index contributed by atoms with van der Waals surface area (Å²) in [5.41, 5.74) is 1.54. The zero-order chi connectivity index (χ0) is 19.4. The van der Waals surface area contributed by atoms with Gasteiger partial charge >= 0.3 is 0 Å². The molecule has 1 aromatic carbocycles. The number of nitrogens with one attached hydrogen (secondary N) is 3. The zero-order valence-corrected chi connectivity index (χ0v) is 15.8. The molecule has 0 aliphatic heterocycles. The Hall–Kier alpha value is -2.97. The maximum absolute atomic E-state index is 12.2. The number of pyridine rings is 1. The molecule has 3 N–H and O–H groups in total. The van der Waals surface area contributed by atoms with Crippen LogP contribution in [0.3, 0.4) is 0 Å². The number of H-pyrrole nitrogens is 1. The number of carbonyl (C=O) groups is 2. The number of anilines is 2. The number of hydrogen-bond donors (Lipinski definition) is 3. The minimum Gasteiger partial charge on any atom is -0.328 e. The Balaban J connectivity index is 1.61. The van der Waals surface area contributed by atoms with E-state index >= 15 is 0 Å². The number of thiazole rings is 1. The number of amides is 2. The van der Waals surface area contributed by atoms with Crippen LogP contribution in [0.4, 0.5) is 10.8 Å². The molecule has 9 heteroatoms. The van der Waals surface area contributed by atoms with Crippen LogP contribution in [0.1, 0.15) is 21.6 Å². The third-order valence-corrected chi connectivity index (χ3v) is 4.85. The van der Waals surface area contributed by atoms with Crippen LogP contribution < -0.4 is 16.2 Å². The fourth-order valence-corrected chi connectivity index (χ4v) is 3.14. The van der Waals surface area contributed by atoms with Crippen LogP contribution >= 0.6 is 22.9 Å². The molecule has 3 aromatic rings. The highest BCUT2D eigenvalue weighted by molar-refractivity contribution is 7.14. The number of hydrogen-bond acceptors (Lipinski definition) is 5. The van der Waals surface area contributed by atoms with E-state index in [-0.39, 0.29) is 17.9 Å². The highest BCUT2D eigenvalue weighted by atomic mass is 35.5. The summed E-state index contributed by atoms with van der Waals surface area (Å²) in [6, 6.07) is 8.25. The van der Waals surface area contributed by atoms with Crippen molar-refractivity contribution >= 4 is 45.6 Å². The van der Waals surface area contributed by atoms with Crippen LogP contribution in [0.5, 0.6) is 0 Å². The first-order valence-corrected chi connectivity index (χ1v) is 9.17. The van der Waals surface area contributed by atoms with Crippen molar-refractivity contribution in [3.8, 4) is 0 Å². The van der Waals surface area contributed by atoms with Gasteiger partial charge in [0, 0.05) is 22.3 Å². The first-order chi connectivity index (χ1) is 12.9. The summed E-state index contributed by atoms with van der Waals surface area (Å²) in [5.74, 6) is -0.811. The molecule has 2 heterocycles. The van der Waals surface area contributed by atoms with E-state index in [1.54, 1.807) is 23.6 Å². The Morgan fingerprint density at radius 2 is 2.07 bits per heavy atom. The van der Waals surface area contributed by atoms with Gasteiger partial charge in [0.15, 0.2) is 5.13 Å². The average Bonchev–Trinajstić information content (AvgIpc) is 3.05. The summed E-state index contributed by atoms with van der Waals surface area (Å²) in [7, 11) is 0. The summed E-state index contributed by atoms with van der Waals surface area (Å²) in [6.45, 7) is 1.88. The van der Waals surface area contributed by atoms with E-state index < -0.39 is 11.5 Å². The van der Waals surface area contributed by atoms with Crippen molar-refractivity contribution in [3.63, 3.8) is 0 Å². The lowest BCUT2D eigenvalue weighted by molar-refractivity contribution is -0.115. The molecule has 0 unspecified atom stereocenters. The van der Waals surface area contributed by atoms with E-state index in [0.717, 1.165) is 5.56 Å². The molecular weight excluding hydrogens is 388 g/mol. The van der Waals surface area contributed by atoms with E-state index in [2.05, 4.69) is 20.6 Å². The molecule has 0 aliphatic rings.